The molecule has 0 radical (unpaired) electrons. The highest BCUT2D eigenvalue weighted by atomic mass is 32.2. The van der Waals surface area contributed by atoms with Crippen LogP contribution in [0.3, 0.4) is 0 Å². The van der Waals surface area contributed by atoms with Gasteiger partial charge in [0.1, 0.15) is 5.82 Å². The Kier molecular flexibility index (Phi) is 5.97. The number of carbonyl (C=O) groups excluding carboxylic acids is 1. The van der Waals surface area contributed by atoms with E-state index < -0.39 is 16.1 Å². The molecule has 158 valence electrons. The lowest BCUT2D eigenvalue weighted by Crippen LogP contribution is -2.49. The molecule has 3 aromatic carbocycles. The van der Waals surface area contributed by atoms with Crippen molar-refractivity contribution in [3.05, 3.63) is 108 Å². The van der Waals surface area contributed by atoms with E-state index in [-0.39, 0.29) is 29.7 Å². The highest BCUT2D eigenvalue weighted by molar-refractivity contribution is 7.89. The third kappa shape index (κ3) is 4.57. The molecule has 0 saturated heterocycles. The monoisotopic (exact) mass is 436 g/mol. The molecular weight excluding hydrogens is 415 g/mol. The fourth-order valence-electron chi connectivity index (χ4n) is 3.57. The third-order valence-corrected chi connectivity index (χ3v) is 7.02. The number of halogens is 1. The van der Waals surface area contributed by atoms with E-state index in [1.54, 1.807) is 72.8 Å². The van der Waals surface area contributed by atoms with Crippen LogP contribution in [0.4, 0.5) is 4.39 Å². The maximum absolute atomic E-state index is 13.4. The number of nitrogens with one attached hydrogen (secondary N) is 1. The van der Waals surface area contributed by atoms with E-state index >= 15 is 0 Å². The number of nitrogens with zero attached hydrogens (tertiary/aromatic N) is 1. The Hall–Kier alpha value is -3.29. The van der Waals surface area contributed by atoms with Crippen molar-refractivity contribution in [3.8, 4) is 0 Å². The normalized spacial score (nSPS) is 17.1. The first-order valence-electron chi connectivity index (χ1n) is 9.82. The van der Waals surface area contributed by atoms with Gasteiger partial charge in [-0.05, 0) is 47.5 Å². The molecule has 0 aromatic heterocycles. The summed E-state index contributed by atoms with van der Waals surface area (Å²) in [5.74, 6) is -0.670. The molecule has 1 aliphatic rings. The number of rotatable bonds is 5. The molecule has 0 saturated carbocycles. The lowest BCUT2D eigenvalue weighted by atomic mass is 9.95. The fraction of sp³-hybridized carbons (Fsp3) is 0.125. The average Bonchev–Trinajstić information content (AvgIpc) is 2.81. The van der Waals surface area contributed by atoms with Gasteiger partial charge in [-0.3, -0.25) is 4.79 Å². The maximum Gasteiger partial charge on any atom is 0.251 e. The first kappa shape index (κ1) is 21.0. The molecule has 5 nitrogen and oxygen atoms in total. The van der Waals surface area contributed by atoms with Gasteiger partial charge in [-0.2, -0.15) is 4.31 Å². The quantitative estimate of drug-likeness (QED) is 0.663. The maximum atomic E-state index is 13.4. The number of benzene rings is 3. The van der Waals surface area contributed by atoms with Crippen LogP contribution in [0.15, 0.2) is 95.9 Å². The molecule has 1 unspecified atom stereocenters. The summed E-state index contributed by atoms with van der Waals surface area (Å²) in [6.45, 7) is 0.223. The standard InChI is InChI=1S/C24H21FN2O3S/c25-20-13-11-18(12-14-20)22-15-16-27(31(29,30)21-9-5-2-6-10-21)17-23(22)26-24(28)19-7-3-1-4-8-19/h1-15,23H,16-17H2,(H,26,28). The highest BCUT2D eigenvalue weighted by Crippen LogP contribution is 2.27. The summed E-state index contributed by atoms with van der Waals surface area (Å²) in [6, 6.07) is 22.3. The Balaban J connectivity index is 1.67. The number of amides is 1. The third-order valence-electron chi connectivity index (χ3n) is 5.18. The molecule has 4 rings (SSSR count). The lowest BCUT2D eigenvalue weighted by Gasteiger charge is -2.33. The van der Waals surface area contributed by atoms with Gasteiger partial charge < -0.3 is 5.32 Å². The zero-order chi connectivity index (χ0) is 21.8. The minimum atomic E-state index is -3.73. The van der Waals surface area contributed by atoms with Gasteiger partial charge in [0, 0.05) is 18.7 Å². The summed E-state index contributed by atoms with van der Waals surface area (Å²) in [6.07, 6.45) is 1.77. The Labute approximate surface area is 180 Å². The second kappa shape index (κ2) is 8.83. The van der Waals surface area contributed by atoms with Crippen LogP contribution in [0, 0.1) is 5.82 Å². The Morgan fingerprint density at radius 3 is 2.16 bits per heavy atom. The number of sulfonamides is 1. The Morgan fingerprint density at radius 2 is 1.52 bits per heavy atom. The average molecular weight is 437 g/mol. The first-order valence-corrected chi connectivity index (χ1v) is 11.3. The van der Waals surface area contributed by atoms with Crippen molar-refractivity contribution in [3.63, 3.8) is 0 Å². The van der Waals surface area contributed by atoms with E-state index in [0.717, 1.165) is 11.1 Å². The van der Waals surface area contributed by atoms with Gasteiger partial charge >= 0.3 is 0 Å². The van der Waals surface area contributed by atoms with Crippen molar-refractivity contribution < 1.29 is 17.6 Å². The summed E-state index contributed by atoms with van der Waals surface area (Å²) in [7, 11) is -3.73. The second-order valence-electron chi connectivity index (χ2n) is 7.19. The second-order valence-corrected chi connectivity index (χ2v) is 9.13. The van der Waals surface area contributed by atoms with Crippen LogP contribution in [-0.2, 0) is 10.0 Å². The molecule has 3 aromatic rings. The Morgan fingerprint density at radius 1 is 0.903 bits per heavy atom. The summed E-state index contributed by atoms with van der Waals surface area (Å²) < 4.78 is 41.0. The van der Waals surface area contributed by atoms with Crippen LogP contribution in [0.5, 0.6) is 0 Å². The van der Waals surface area contributed by atoms with Crippen LogP contribution in [-0.4, -0.2) is 37.8 Å². The highest BCUT2D eigenvalue weighted by Gasteiger charge is 2.32. The zero-order valence-electron chi connectivity index (χ0n) is 16.6. The Bertz CT molecular complexity index is 1190. The number of hydrogen-bond acceptors (Lipinski definition) is 3. The molecule has 0 bridgehead atoms. The SMILES string of the molecule is O=C(NC1CN(S(=O)(=O)c2ccccc2)CC=C1c1ccc(F)cc1)c1ccccc1. The van der Waals surface area contributed by atoms with E-state index in [1.165, 1.54) is 16.4 Å². The van der Waals surface area contributed by atoms with Gasteiger partial charge in [0.15, 0.2) is 0 Å². The van der Waals surface area contributed by atoms with Gasteiger partial charge in [-0.25, -0.2) is 12.8 Å². The summed E-state index contributed by atoms with van der Waals surface area (Å²) in [5.41, 5.74) is 1.96. The molecular formula is C24H21FN2O3S. The summed E-state index contributed by atoms with van der Waals surface area (Å²) >= 11 is 0. The molecule has 1 atom stereocenters. The van der Waals surface area contributed by atoms with E-state index in [9.17, 15) is 17.6 Å². The van der Waals surface area contributed by atoms with Crippen LogP contribution < -0.4 is 5.32 Å². The summed E-state index contributed by atoms with van der Waals surface area (Å²) in [4.78, 5) is 13.0. The zero-order valence-corrected chi connectivity index (χ0v) is 17.4. The minimum absolute atomic E-state index is 0.0685. The summed E-state index contributed by atoms with van der Waals surface area (Å²) in [5, 5.41) is 2.94. The van der Waals surface area contributed by atoms with E-state index in [0.29, 0.717) is 5.56 Å². The largest absolute Gasteiger partial charge is 0.344 e. The van der Waals surface area contributed by atoms with Gasteiger partial charge in [0.05, 0.1) is 10.9 Å². The first-order chi connectivity index (χ1) is 14.9. The molecule has 1 N–H and O–H groups in total. The number of carbonyl (C=O) groups is 1. The molecule has 1 aliphatic heterocycles. The molecule has 0 fully saturated rings. The fourth-order valence-corrected chi connectivity index (χ4v) is 4.99. The van der Waals surface area contributed by atoms with E-state index in [4.69, 9.17) is 0 Å². The minimum Gasteiger partial charge on any atom is -0.344 e. The lowest BCUT2D eigenvalue weighted by molar-refractivity contribution is 0.0941. The molecule has 31 heavy (non-hydrogen) atoms. The van der Waals surface area contributed by atoms with Gasteiger partial charge in [0.25, 0.3) is 5.91 Å². The van der Waals surface area contributed by atoms with Crippen molar-refractivity contribution in [2.24, 2.45) is 0 Å². The smallest absolute Gasteiger partial charge is 0.251 e. The topological polar surface area (TPSA) is 66.5 Å². The van der Waals surface area contributed by atoms with Crippen LogP contribution in [0.1, 0.15) is 15.9 Å². The van der Waals surface area contributed by atoms with Crippen molar-refractivity contribution in [1.82, 2.24) is 9.62 Å². The van der Waals surface area contributed by atoms with Crippen LogP contribution >= 0.6 is 0 Å². The van der Waals surface area contributed by atoms with E-state index in [2.05, 4.69) is 5.32 Å². The predicted octanol–water partition coefficient (Wildman–Crippen LogP) is 3.71. The number of hydrogen-bond donors (Lipinski definition) is 1. The van der Waals surface area contributed by atoms with Crippen LogP contribution in [0.2, 0.25) is 0 Å². The van der Waals surface area contributed by atoms with Crippen molar-refractivity contribution in [2.45, 2.75) is 10.9 Å². The van der Waals surface area contributed by atoms with Gasteiger partial charge in [-0.1, -0.05) is 54.6 Å². The predicted molar refractivity (Wildman–Crippen MR) is 117 cm³/mol. The van der Waals surface area contributed by atoms with Crippen LogP contribution in [0.25, 0.3) is 5.57 Å². The van der Waals surface area contributed by atoms with Crippen molar-refractivity contribution >= 4 is 21.5 Å². The van der Waals surface area contributed by atoms with Crippen molar-refractivity contribution in [1.29, 1.82) is 0 Å². The van der Waals surface area contributed by atoms with E-state index in [1.807, 2.05) is 6.07 Å². The van der Waals surface area contributed by atoms with Crippen molar-refractivity contribution in [2.75, 3.05) is 13.1 Å². The van der Waals surface area contributed by atoms with Gasteiger partial charge in [0.2, 0.25) is 10.0 Å². The van der Waals surface area contributed by atoms with Gasteiger partial charge in [-0.15, -0.1) is 0 Å². The molecule has 7 heteroatoms. The molecule has 1 heterocycles. The molecule has 1 amide bonds. The molecule has 0 spiro atoms. The molecule has 0 aliphatic carbocycles.